The molecule has 2 aromatic rings. The fraction of sp³-hybridized carbons (Fsp3) is 0.740. The number of ether oxygens (including phenoxy) is 4. The Hall–Kier alpha value is -4.44. The van der Waals surface area contributed by atoms with Crippen LogP contribution in [0.15, 0.2) is 30.5 Å². The summed E-state index contributed by atoms with van der Waals surface area (Å²) in [5.41, 5.74) is 6.81. The van der Waals surface area contributed by atoms with E-state index in [4.69, 9.17) is 38.0 Å². The van der Waals surface area contributed by atoms with Crippen LogP contribution in [0.1, 0.15) is 62.0 Å². The van der Waals surface area contributed by atoms with E-state index >= 15 is 0 Å². The van der Waals surface area contributed by atoms with Crippen molar-refractivity contribution in [1.82, 2.24) is 46.5 Å². The van der Waals surface area contributed by atoms with Gasteiger partial charge in [-0.2, -0.15) is 0 Å². The molecule has 0 spiro atoms. The van der Waals surface area contributed by atoms with Crippen molar-refractivity contribution >= 4 is 58.4 Å². The molecule has 0 aliphatic rings. The van der Waals surface area contributed by atoms with Crippen molar-refractivity contribution < 1.29 is 97.1 Å². The number of carbonyl (C=O) groups excluding carboxylic acids is 5. The van der Waals surface area contributed by atoms with E-state index in [1.54, 1.807) is 68.2 Å². The number of hydrogen-bond donors (Lipinski definition) is 17. The van der Waals surface area contributed by atoms with Crippen molar-refractivity contribution in [2.45, 2.75) is 126 Å². The number of primary amides is 1. The van der Waals surface area contributed by atoms with Crippen LogP contribution in [0.5, 0.6) is 0 Å². The molecule has 1 aromatic carbocycles. The number of hydrogen-bond acceptors (Lipinski definition) is 24. The number of nitrogens with two attached hydrogens (primary N) is 1. The van der Waals surface area contributed by atoms with E-state index in [1.165, 1.54) is 15.8 Å². The lowest BCUT2D eigenvalue weighted by atomic mass is 10.0. The second kappa shape index (κ2) is 42.4. The predicted octanol–water partition coefficient (Wildman–Crippen LogP) is -5.41. The largest absolute Gasteiger partial charge is 0.394 e. The molecule has 6 amide bonds. The summed E-state index contributed by atoms with van der Waals surface area (Å²) in [6.07, 6.45) is -11.3. The number of amides is 6. The molecule has 0 unspecified atom stereocenters. The summed E-state index contributed by atoms with van der Waals surface area (Å²) in [6, 6.07) is 3.63. The molecule has 1 aromatic heterocycles. The number of nitrogens with zero attached hydrogens (tertiary/aromatic N) is 4. The van der Waals surface area contributed by atoms with Crippen LogP contribution in [0.25, 0.3) is 0 Å². The first-order chi connectivity index (χ1) is 39.2. The first-order valence-corrected chi connectivity index (χ1v) is 27.9. The highest BCUT2D eigenvalue weighted by Crippen LogP contribution is 2.15. The number of aromatic nitrogens is 3. The van der Waals surface area contributed by atoms with Gasteiger partial charge in [0.15, 0.2) is 0 Å². The van der Waals surface area contributed by atoms with Gasteiger partial charge in [-0.05, 0) is 62.8 Å². The number of nitrogens with one attached hydrogen (secondary N) is 6. The van der Waals surface area contributed by atoms with Crippen LogP contribution >= 0.6 is 23.0 Å². The molecule has 31 nitrogen and oxygen atoms in total. The van der Waals surface area contributed by atoms with Crippen LogP contribution < -0.4 is 37.6 Å². The van der Waals surface area contributed by atoms with E-state index in [9.17, 15) is 64.8 Å². The van der Waals surface area contributed by atoms with Crippen LogP contribution in [0.3, 0.4) is 0 Å². The average molecular weight is 1290 g/mol. The molecular formula is C50H88IN11O20. The molecule has 2 rings (SSSR count). The molecule has 18 N–H and O–H groups in total. The van der Waals surface area contributed by atoms with Crippen molar-refractivity contribution in [2.75, 3.05) is 111 Å². The highest BCUT2D eigenvalue weighted by atomic mass is 127. The van der Waals surface area contributed by atoms with Gasteiger partial charge in [0.25, 0.3) is 5.91 Å². The summed E-state index contributed by atoms with van der Waals surface area (Å²) >= 11 is 1.79. The van der Waals surface area contributed by atoms with Gasteiger partial charge in [-0.3, -0.25) is 24.1 Å². The fourth-order valence-electron chi connectivity index (χ4n) is 7.82. The quantitative estimate of drug-likeness (QED) is 0.0217. The number of aliphatic hydroxyl groups excluding tert-OH is 10. The zero-order valence-electron chi connectivity index (χ0n) is 46.7. The lowest BCUT2D eigenvalue weighted by molar-refractivity contribution is -0.132. The maximum atomic E-state index is 13.7. The smallest absolute Gasteiger partial charge is 0.312 e. The van der Waals surface area contributed by atoms with Crippen LogP contribution in [0.4, 0.5) is 10.5 Å². The minimum Gasteiger partial charge on any atom is -0.394 e. The van der Waals surface area contributed by atoms with E-state index in [0.717, 1.165) is 5.56 Å². The number of anilines is 1. The lowest BCUT2D eigenvalue weighted by Gasteiger charge is -2.33. The zero-order chi connectivity index (χ0) is 61.0. The van der Waals surface area contributed by atoms with Crippen LogP contribution in [-0.2, 0) is 49.5 Å². The van der Waals surface area contributed by atoms with Gasteiger partial charge in [0.05, 0.1) is 104 Å². The van der Waals surface area contributed by atoms with Gasteiger partial charge < -0.3 is 111 Å². The number of halogens is 1. The topological polar surface area (TPSA) is 466 Å². The minimum atomic E-state index is -1.91. The Morgan fingerprint density at radius 1 is 0.659 bits per heavy atom. The summed E-state index contributed by atoms with van der Waals surface area (Å²) < 4.78 is 28.7. The summed E-state index contributed by atoms with van der Waals surface area (Å²) in [5, 5.41) is 123. The van der Waals surface area contributed by atoms with Crippen LogP contribution in [-0.4, -0.2) is 273 Å². The van der Waals surface area contributed by atoms with Crippen molar-refractivity contribution in [1.29, 1.82) is 0 Å². The van der Waals surface area contributed by atoms with Crippen molar-refractivity contribution in [3.8, 4) is 0 Å². The maximum absolute atomic E-state index is 13.7. The van der Waals surface area contributed by atoms with E-state index in [-0.39, 0.29) is 97.1 Å². The van der Waals surface area contributed by atoms with E-state index in [0.29, 0.717) is 38.0 Å². The Kier molecular flexibility index (Phi) is 38.1. The number of aliphatic hydroxyl groups is 10. The molecule has 0 bridgehead atoms. The van der Waals surface area contributed by atoms with Crippen molar-refractivity contribution in [3.05, 3.63) is 41.7 Å². The number of likely N-dealkylation sites (N-methyl/N-ethyl adjacent to an activating group) is 1. The summed E-state index contributed by atoms with van der Waals surface area (Å²) in [7, 11) is 1.63. The minimum absolute atomic E-state index is 0.00856. The van der Waals surface area contributed by atoms with E-state index < -0.39 is 123 Å². The Morgan fingerprint density at radius 3 is 1.71 bits per heavy atom. The Morgan fingerprint density at radius 2 is 1.18 bits per heavy atom. The fourth-order valence-corrected chi connectivity index (χ4v) is 8.18. The van der Waals surface area contributed by atoms with Crippen molar-refractivity contribution in [3.63, 3.8) is 0 Å². The third kappa shape index (κ3) is 28.9. The Bertz CT molecular complexity index is 2060. The van der Waals surface area contributed by atoms with Gasteiger partial charge >= 0.3 is 6.03 Å². The van der Waals surface area contributed by atoms with Gasteiger partial charge in [0, 0.05) is 38.4 Å². The number of rotatable bonds is 47. The van der Waals surface area contributed by atoms with E-state index in [2.05, 4.69) is 42.2 Å². The number of urea groups is 1. The Labute approximate surface area is 490 Å². The number of unbranched alkanes of at least 4 members (excludes halogenated alkanes) is 1. The molecule has 0 radical (unpaired) electrons. The molecule has 0 fully saturated rings. The highest BCUT2D eigenvalue weighted by Gasteiger charge is 2.35. The van der Waals surface area contributed by atoms with E-state index in [1.807, 2.05) is 0 Å². The Balaban J connectivity index is 1.71. The number of carbonyl (C=O) groups is 5. The standard InChI is InChI=1S/C50H88IN11O20/c1-31(2)41(49(76)58-35(8-6-14-55-50(52)77)47(74)57-33-11-9-32(10-12-33)30-82-51)59-46(73)34(53-3)7-4-5-13-54-48(75)36-25-56-60-62(36)16-18-79-20-22-81-24-23-80-21-19-78-17-15-61(26-37(65)42(69)44(71)39(67)28-63)27-38(66)43(70)45(72)40(68)29-64/h9-12,25,31,34-35,37-45,53,63-72H,4-8,13-24,26-30H2,1-3H3,(H,54,75)(H,57,74)(H,58,76)(H,59,73)(H3,52,55,77)/t34-,35-,37-,38-,39+,40+,41-,42+,43+,44+,45+/m0/s1. The normalized spacial score (nSPS) is 15.8. The average Bonchev–Trinajstić information content (AvgIpc) is 3.97. The molecule has 0 aliphatic heterocycles. The predicted molar refractivity (Wildman–Crippen MR) is 300 cm³/mol. The van der Waals surface area contributed by atoms with Crippen LogP contribution in [0.2, 0.25) is 0 Å². The second-order valence-electron chi connectivity index (χ2n) is 19.4. The van der Waals surface area contributed by atoms with Gasteiger partial charge in [0.1, 0.15) is 77.4 Å². The van der Waals surface area contributed by atoms with Gasteiger partial charge in [-0.15, -0.1) is 5.10 Å². The zero-order valence-corrected chi connectivity index (χ0v) is 48.8. The molecule has 1 heterocycles. The first-order valence-electron chi connectivity index (χ1n) is 27.0. The van der Waals surface area contributed by atoms with Gasteiger partial charge in [-0.1, -0.05) is 31.2 Å². The molecule has 0 saturated carbocycles. The molecule has 82 heavy (non-hydrogen) atoms. The molecule has 0 aliphatic carbocycles. The lowest BCUT2D eigenvalue weighted by Crippen LogP contribution is -2.57. The first kappa shape index (κ1) is 73.7. The molecular weight excluding hydrogens is 1200 g/mol. The summed E-state index contributed by atoms with van der Waals surface area (Å²) in [5.74, 6) is -2.22. The van der Waals surface area contributed by atoms with Crippen LogP contribution in [0, 0.1) is 5.92 Å². The molecule has 32 heteroatoms. The molecule has 470 valence electrons. The number of benzene rings is 1. The summed E-state index contributed by atoms with van der Waals surface area (Å²) in [6.45, 7) is 3.36. The third-order valence-corrected chi connectivity index (χ3v) is 13.0. The maximum Gasteiger partial charge on any atom is 0.312 e. The summed E-state index contributed by atoms with van der Waals surface area (Å²) in [4.78, 5) is 66.1. The van der Waals surface area contributed by atoms with Gasteiger partial charge in [-0.25, -0.2) is 9.48 Å². The highest BCUT2D eigenvalue weighted by molar-refractivity contribution is 14.1. The molecule has 11 atom stereocenters. The monoisotopic (exact) mass is 1290 g/mol. The molecule has 0 saturated heterocycles. The second-order valence-corrected chi connectivity index (χ2v) is 20.0. The third-order valence-electron chi connectivity index (χ3n) is 12.7. The van der Waals surface area contributed by atoms with Crippen molar-refractivity contribution in [2.24, 2.45) is 11.7 Å². The SMILES string of the molecule is CN[C@@H](CCCCNC(=O)c1cnnn1CCOCCOCCOCCOCCN(C[C@H](O)[C@@H](O)[C@H](O)[C@H](O)CO)C[C@H](O)[C@@H](O)[C@H](O)[C@H](O)CO)C(=O)N[C@H](C(=O)N[C@@H](CCCNC(N)=O)C(=O)Nc1ccc(COI)cc1)C(C)C. The van der Waals surface area contributed by atoms with Gasteiger partial charge in [0.2, 0.25) is 17.7 Å².